The molecule has 0 amide bonds. The lowest BCUT2D eigenvalue weighted by Crippen LogP contribution is -2.20. The van der Waals surface area contributed by atoms with Gasteiger partial charge in [-0.3, -0.25) is 4.55 Å². The van der Waals surface area contributed by atoms with Crippen LogP contribution in [0.3, 0.4) is 0 Å². The number of nitrogens with zero attached hydrogens (tertiary/aromatic N) is 1. The van der Waals surface area contributed by atoms with Gasteiger partial charge >= 0.3 is 10.1 Å². The third-order valence-electron chi connectivity index (χ3n) is 0.850. The van der Waals surface area contributed by atoms with Gasteiger partial charge in [-0.15, -0.1) is 0 Å². The predicted molar refractivity (Wildman–Crippen MR) is 32.3 cm³/mol. The molecular weight excluding hydrogens is 158 g/mol. The number of hydrogen-bond acceptors (Lipinski definition) is 4. The van der Waals surface area contributed by atoms with Crippen LogP contribution in [0.15, 0.2) is 0 Å². The van der Waals surface area contributed by atoms with E-state index in [0.717, 1.165) is 0 Å². The molecule has 0 aromatic rings. The van der Waals surface area contributed by atoms with Gasteiger partial charge in [-0.05, 0) is 6.42 Å². The van der Waals surface area contributed by atoms with E-state index < -0.39 is 15.6 Å². The first-order chi connectivity index (χ1) is 4.52. The summed E-state index contributed by atoms with van der Waals surface area (Å²) in [5.41, 5.74) is -1.42. The van der Waals surface area contributed by atoms with Crippen molar-refractivity contribution in [3.8, 4) is 6.26 Å². The maximum absolute atomic E-state index is 10.2. The molecule has 1 atom stereocenters. The third kappa shape index (κ3) is 2.66. The van der Waals surface area contributed by atoms with Crippen LogP contribution in [0.25, 0.3) is 0 Å². The summed E-state index contributed by atoms with van der Waals surface area (Å²) < 4.78 is 32.8. The molecule has 58 valence electrons. The van der Waals surface area contributed by atoms with Gasteiger partial charge in [-0.2, -0.15) is 13.7 Å². The molecule has 0 aliphatic heterocycles. The molecule has 6 heteroatoms. The standard InChI is InChI=1S/C4H7NO4S/c1-2-4(9-3-5)10(6,7)8/h4H,2H2,1H3,(H,6,7,8). The van der Waals surface area contributed by atoms with Crippen LogP contribution in [-0.4, -0.2) is 18.4 Å². The highest BCUT2D eigenvalue weighted by atomic mass is 32.2. The van der Waals surface area contributed by atoms with Gasteiger partial charge in [0.25, 0.3) is 6.26 Å². The van der Waals surface area contributed by atoms with E-state index in [1.165, 1.54) is 13.2 Å². The number of nitriles is 1. The van der Waals surface area contributed by atoms with Gasteiger partial charge in [0.1, 0.15) is 0 Å². The lowest BCUT2D eigenvalue weighted by Gasteiger charge is -2.05. The highest BCUT2D eigenvalue weighted by Gasteiger charge is 2.21. The largest absolute Gasteiger partial charge is 0.405 e. The summed E-state index contributed by atoms with van der Waals surface area (Å²) in [6.45, 7) is 1.48. The Morgan fingerprint density at radius 2 is 2.30 bits per heavy atom. The van der Waals surface area contributed by atoms with Gasteiger partial charge < -0.3 is 4.74 Å². The van der Waals surface area contributed by atoms with E-state index in [9.17, 15) is 8.42 Å². The molecule has 10 heavy (non-hydrogen) atoms. The van der Waals surface area contributed by atoms with Crippen LogP contribution in [0.4, 0.5) is 0 Å². The van der Waals surface area contributed by atoms with Crippen molar-refractivity contribution in [2.75, 3.05) is 0 Å². The fourth-order valence-corrected chi connectivity index (χ4v) is 0.999. The van der Waals surface area contributed by atoms with E-state index in [4.69, 9.17) is 9.81 Å². The molecule has 0 fully saturated rings. The van der Waals surface area contributed by atoms with Crippen LogP contribution in [0.1, 0.15) is 13.3 Å². The van der Waals surface area contributed by atoms with Crippen molar-refractivity contribution in [3.63, 3.8) is 0 Å². The zero-order valence-corrected chi connectivity index (χ0v) is 6.13. The lowest BCUT2D eigenvalue weighted by atomic mass is 10.5. The van der Waals surface area contributed by atoms with E-state index in [1.54, 1.807) is 0 Å². The zero-order valence-electron chi connectivity index (χ0n) is 5.31. The number of rotatable bonds is 3. The smallest absolute Gasteiger partial charge is 0.304 e. The molecule has 1 unspecified atom stereocenters. The van der Waals surface area contributed by atoms with Crippen LogP contribution in [0.5, 0.6) is 0 Å². The van der Waals surface area contributed by atoms with Crippen molar-refractivity contribution in [1.29, 1.82) is 5.26 Å². The second-order valence-corrected chi connectivity index (χ2v) is 3.12. The van der Waals surface area contributed by atoms with Gasteiger partial charge in [0, 0.05) is 0 Å². The Balaban J connectivity index is 4.26. The maximum atomic E-state index is 10.2. The van der Waals surface area contributed by atoms with Crippen LogP contribution in [0, 0.1) is 11.5 Å². The molecule has 0 rings (SSSR count). The zero-order chi connectivity index (χ0) is 8.20. The Bertz CT molecular complexity index is 226. The van der Waals surface area contributed by atoms with Crippen molar-refractivity contribution >= 4 is 10.1 Å². The molecule has 0 spiro atoms. The summed E-state index contributed by atoms with van der Waals surface area (Å²) in [5.74, 6) is 0. The summed E-state index contributed by atoms with van der Waals surface area (Å²) in [4.78, 5) is 0. The molecule has 0 aliphatic rings. The highest BCUT2D eigenvalue weighted by molar-refractivity contribution is 7.86. The van der Waals surface area contributed by atoms with Crippen LogP contribution in [0.2, 0.25) is 0 Å². The van der Waals surface area contributed by atoms with Crippen molar-refractivity contribution in [1.82, 2.24) is 0 Å². The first-order valence-electron chi connectivity index (χ1n) is 2.53. The third-order valence-corrected chi connectivity index (χ3v) is 1.94. The van der Waals surface area contributed by atoms with Gasteiger partial charge in [0.05, 0.1) is 0 Å². The van der Waals surface area contributed by atoms with Gasteiger partial charge in [-0.1, -0.05) is 6.92 Å². The maximum Gasteiger partial charge on any atom is 0.304 e. The van der Waals surface area contributed by atoms with E-state index >= 15 is 0 Å². The summed E-state index contributed by atoms with van der Waals surface area (Å²) in [7, 11) is -4.22. The Hall–Kier alpha value is -0.800. The van der Waals surface area contributed by atoms with Crippen molar-refractivity contribution in [2.45, 2.75) is 18.8 Å². The highest BCUT2D eigenvalue weighted by Crippen LogP contribution is 2.03. The molecule has 1 N–H and O–H groups in total. The summed E-state index contributed by atoms with van der Waals surface area (Å²) in [5, 5.41) is 7.88. The number of hydrogen-bond donors (Lipinski definition) is 1. The average Bonchev–Trinajstić information content (AvgIpc) is 1.80. The summed E-state index contributed by atoms with van der Waals surface area (Å²) >= 11 is 0. The lowest BCUT2D eigenvalue weighted by molar-refractivity contribution is 0.212. The van der Waals surface area contributed by atoms with Crippen molar-refractivity contribution < 1.29 is 17.7 Å². The quantitative estimate of drug-likeness (QED) is 0.473. The SMILES string of the molecule is CCC(OC#N)S(=O)(=O)O. The molecular formula is C4H7NO4S. The molecule has 0 aliphatic carbocycles. The minimum atomic E-state index is -4.22. The minimum Gasteiger partial charge on any atom is -0.405 e. The molecule has 0 saturated heterocycles. The first-order valence-corrected chi connectivity index (χ1v) is 4.03. The Kier molecular flexibility index (Phi) is 3.12. The molecule has 5 nitrogen and oxygen atoms in total. The van der Waals surface area contributed by atoms with Gasteiger partial charge in [-0.25, -0.2) is 0 Å². The van der Waals surface area contributed by atoms with E-state index in [2.05, 4.69) is 4.74 Å². The fourth-order valence-electron chi connectivity index (χ4n) is 0.414. The van der Waals surface area contributed by atoms with Gasteiger partial charge in [0.15, 0.2) is 0 Å². The second-order valence-electron chi connectivity index (χ2n) is 1.56. The minimum absolute atomic E-state index is 0.0480. The van der Waals surface area contributed by atoms with E-state index in [-0.39, 0.29) is 6.42 Å². The topological polar surface area (TPSA) is 87.4 Å². The Labute approximate surface area is 59.0 Å². The second kappa shape index (κ2) is 3.39. The predicted octanol–water partition coefficient (Wildman–Crippen LogP) is 0.108. The van der Waals surface area contributed by atoms with Crippen molar-refractivity contribution in [3.05, 3.63) is 0 Å². The fraction of sp³-hybridized carbons (Fsp3) is 0.750. The Morgan fingerprint density at radius 3 is 2.40 bits per heavy atom. The molecule has 0 heterocycles. The van der Waals surface area contributed by atoms with Crippen LogP contribution in [-0.2, 0) is 14.9 Å². The molecule has 0 saturated carbocycles. The van der Waals surface area contributed by atoms with Gasteiger partial charge in [0.2, 0.25) is 5.44 Å². The normalized spacial score (nSPS) is 13.7. The van der Waals surface area contributed by atoms with Crippen molar-refractivity contribution in [2.24, 2.45) is 0 Å². The Morgan fingerprint density at radius 1 is 1.80 bits per heavy atom. The molecule has 0 aromatic carbocycles. The monoisotopic (exact) mass is 165 g/mol. The van der Waals surface area contributed by atoms with E-state index in [0.29, 0.717) is 0 Å². The molecule has 0 bridgehead atoms. The van der Waals surface area contributed by atoms with Crippen LogP contribution < -0.4 is 0 Å². The van der Waals surface area contributed by atoms with E-state index in [1.807, 2.05) is 0 Å². The molecule has 0 aromatic heterocycles. The summed E-state index contributed by atoms with van der Waals surface area (Å²) in [6.07, 6.45) is 1.23. The average molecular weight is 165 g/mol. The number of ether oxygens (including phenoxy) is 1. The first kappa shape index (κ1) is 9.20. The van der Waals surface area contributed by atoms with Crippen LogP contribution >= 0.6 is 0 Å². The molecule has 0 radical (unpaired) electrons. The summed E-state index contributed by atoms with van der Waals surface area (Å²) in [6, 6.07) is 0.